The lowest BCUT2D eigenvalue weighted by Crippen LogP contribution is -2.30. The zero-order chi connectivity index (χ0) is 19.8. The smallest absolute Gasteiger partial charge is 0.300 e. The highest BCUT2D eigenvalue weighted by Gasteiger charge is 2.49. The van der Waals surface area contributed by atoms with Crippen molar-refractivity contribution in [3.8, 4) is 0 Å². The Morgan fingerprint density at radius 3 is 2.50 bits per heavy atom. The normalized spacial score (nSPS) is 18.6. The summed E-state index contributed by atoms with van der Waals surface area (Å²) in [7, 11) is 0. The Bertz CT molecular complexity index is 1090. The van der Waals surface area contributed by atoms with Crippen LogP contribution in [-0.2, 0) is 9.59 Å². The van der Waals surface area contributed by atoms with Crippen LogP contribution in [0.4, 0.5) is 14.5 Å². The minimum atomic E-state index is -1.22. The monoisotopic (exact) mass is 382 g/mol. The van der Waals surface area contributed by atoms with Gasteiger partial charge >= 0.3 is 0 Å². The second-order valence-corrected chi connectivity index (χ2v) is 6.02. The zero-order valence-corrected chi connectivity index (χ0v) is 14.2. The molecule has 0 aliphatic carbocycles. The lowest BCUT2D eigenvalue weighted by Gasteiger charge is -2.23. The molecule has 1 amide bonds. The molecule has 1 atom stereocenters. The number of aromatic nitrogens is 1. The molecule has 1 fully saturated rings. The number of carbonyl (C=O) groups is 2. The highest BCUT2D eigenvalue weighted by molar-refractivity contribution is 6.51. The van der Waals surface area contributed by atoms with E-state index in [1.165, 1.54) is 42.9 Å². The van der Waals surface area contributed by atoms with Gasteiger partial charge in [-0.05, 0) is 36.4 Å². The number of hydrogen-bond donors (Lipinski definition) is 1. The molecule has 4 rings (SSSR count). The molecular weight excluding hydrogens is 370 g/mol. The number of nitrogens with zero attached hydrogens (tertiary/aromatic N) is 2. The number of aliphatic hydroxyl groups is 1. The van der Waals surface area contributed by atoms with Gasteiger partial charge in [-0.25, -0.2) is 8.78 Å². The molecule has 1 N–H and O–H groups in total. The summed E-state index contributed by atoms with van der Waals surface area (Å²) < 4.78 is 33.1. The standard InChI is InChI=1S/C20H12F2N2O4/c21-12-3-4-14(13(22)10-12)24-17(15-2-1-9-28-15)16(19(26)20(24)27)18(25)11-5-7-23-8-6-11/h1-10,17,25H/b18-16-. The number of halogens is 2. The van der Waals surface area contributed by atoms with E-state index in [0.717, 1.165) is 17.0 Å². The van der Waals surface area contributed by atoms with Gasteiger partial charge in [0.25, 0.3) is 11.7 Å². The van der Waals surface area contributed by atoms with Crippen LogP contribution in [0, 0.1) is 11.6 Å². The quantitative estimate of drug-likeness (QED) is 0.425. The SMILES string of the molecule is O=C1C(=O)N(c2ccc(F)cc2F)C(c2ccco2)/C1=C(/O)c1ccncc1. The molecule has 1 unspecified atom stereocenters. The molecule has 1 aliphatic heterocycles. The summed E-state index contributed by atoms with van der Waals surface area (Å²) in [6, 6.07) is 7.35. The van der Waals surface area contributed by atoms with Crippen LogP contribution in [0.3, 0.4) is 0 Å². The van der Waals surface area contributed by atoms with Crippen LogP contribution < -0.4 is 4.90 Å². The summed E-state index contributed by atoms with van der Waals surface area (Å²) in [4.78, 5) is 30.1. The van der Waals surface area contributed by atoms with Gasteiger partial charge in [0.05, 0.1) is 17.5 Å². The van der Waals surface area contributed by atoms with Crippen molar-refractivity contribution in [2.45, 2.75) is 6.04 Å². The summed E-state index contributed by atoms with van der Waals surface area (Å²) in [6.07, 6.45) is 4.14. The molecule has 0 spiro atoms. The highest BCUT2D eigenvalue weighted by atomic mass is 19.1. The summed E-state index contributed by atoms with van der Waals surface area (Å²) in [5, 5.41) is 10.7. The average Bonchev–Trinajstić information content (AvgIpc) is 3.30. The molecule has 0 saturated carbocycles. The number of benzene rings is 1. The number of anilines is 1. The Morgan fingerprint density at radius 2 is 1.86 bits per heavy atom. The minimum absolute atomic E-state index is 0.138. The summed E-state index contributed by atoms with van der Waals surface area (Å²) in [5.74, 6) is -4.25. The Labute approximate surface area is 157 Å². The molecule has 1 saturated heterocycles. The second kappa shape index (κ2) is 6.73. The Hall–Kier alpha value is -3.81. The van der Waals surface area contributed by atoms with E-state index in [1.807, 2.05) is 0 Å². The van der Waals surface area contributed by atoms with Crippen molar-refractivity contribution in [3.63, 3.8) is 0 Å². The first-order chi connectivity index (χ1) is 13.5. The van der Waals surface area contributed by atoms with Crippen molar-refractivity contribution in [1.82, 2.24) is 4.98 Å². The van der Waals surface area contributed by atoms with Crippen LogP contribution in [-0.4, -0.2) is 21.8 Å². The minimum Gasteiger partial charge on any atom is -0.507 e. The Balaban J connectivity index is 1.95. The number of carbonyl (C=O) groups excluding carboxylic acids is 2. The summed E-state index contributed by atoms with van der Waals surface area (Å²) >= 11 is 0. The van der Waals surface area contributed by atoms with Gasteiger partial charge in [-0.3, -0.25) is 19.5 Å². The van der Waals surface area contributed by atoms with E-state index in [9.17, 15) is 23.5 Å². The van der Waals surface area contributed by atoms with Crippen LogP contribution in [0.2, 0.25) is 0 Å². The third kappa shape index (κ3) is 2.75. The van der Waals surface area contributed by atoms with E-state index < -0.39 is 35.1 Å². The summed E-state index contributed by atoms with van der Waals surface area (Å²) in [6.45, 7) is 0. The zero-order valence-electron chi connectivity index (χ0n) is 14.2. The largest absolute Gasteiger partial charge is 0.507 e. The van der Waals surface area contributed by atoms with E-state index in [4.69, 9.17) is 4.42 Å². The summed E-state index contributed by atoms with van der Waals surface area (Å²) in [5.41, 5.74) is -0.322. The van der Waals surface area contributed by atoms with Gasteiger partial charge in [0.2, 0.25) is 0 Å². The number of hydrogen-bond acceptors (Lipinski definition) is 5. The molecule has 8 heteroatoms. The molecular formula is C20H12F2N2O4. The van der Waals surface area contributed by atoms with Crippen LogP contribution in [0.15, 0.2) is 71.1 Å². The van der Waals surface area contributed by atoms with E-state index in [1.54, 1.807) is 0 Å². The van der Waals surface area contributed by atoms with Crippen molar-refractivity contribution >= 4 is 23.1 Å². The van der Waals surface area contributed by atoms with Crippen LogP contribution >= 0.6 is 0 Å². The van der Waals surface area contributed by atoms with Gasteiger partial charge in [-0.2, -0.15) is 0 Å². The number of amides is 1. The molecule has 6 nitrogen and oxygen atoms in total. The van der Waals surface area contributed by atoms with E-state index >= 15 is 0 Å². The fraction of sp³-hybridized carbons (Fsp3) is 0.0500. The highest BCUT2D eigenvalue weighted by Crippen LogP contribution is 2.42. The fourth-order valence-electron chi connectivity index (χ4n) is 3.14. The van der Waals surface area contributed by atoms with E-state index in [0.29, 0.717) is 6.07 Å². The van der Waals surface area contributed by atoms with E-state index in [-0.39, 0.29) is 22.6 Å². The molecule has 140 valence electrons. The lowest BCUT2D eigenvalue weighted by atomic mass is 9.99. The topological polar surface area (TPSA) is 83.6 Å². The van der Waals surface area contributed by atoms with Crippen molar-refractivity contribution in [2.24, 2.45) is 0 Å². The van der Waals surface area contributed by atoms with Gasteiger partial charge in [0.1, 0.15) is 29.2 Å². The van der Waals surface area contributed by atoms with Crippen molar-refractivity contribution in [3.05, 3.63) is 89.7 Å². The second-order valence-electron chi connectivity index (χ2n) is 6.02. The number of aliphatic hydroxyl groups excluding tert-OH is 1. The van der Waals surface area contributed by atoms with Crippen molar-refractivity contribution in [1.29, 1.82) is 0 Å². The van der Waals surface area contributed by atoms with Crippen LogP contribution in [0.1, 0.15) is 17.4 Å². The van der Waals surface area contributed by atoms with E-state index in [2.05, 4.69) is 4.98 Å². The maximum atomic E-state index is 14.4. The number of ketones is 1. The molecule has 1 aliphatic rings. The maximum Gasteiger partial charge on any atom is 0.300 e. The van der Waals surface area contributed by atoms with Crippen molar-refractivity contribution < 1.29 is 27.9 Å². The predicted molar refractivity (Wildman–Crippen MR) is 94.1 cm³/mol. The first-order valence-corrected chi connectivity index (χ1v) is 8.19. The molecule has 0 radical (unpaired) electrons. The van der Waals surface area contributed by atoms with Gasteiger partial charge in [-0.1, -0.05) is 0 Å². The van der Waals surface area contributed by atoms with Gasteiger partial charge in [0, 0.05) is 24.0 Å². The first kappa shape index (κ1) is 17.6. The van der Waals surface area contributed by atoms with Crippen LogP contribution in [0.25, 0.3) is 5.76 Å². The number of rotatable bonds is 3. The predicted octanol–water partition coefficient (Wildman–Crippen LogP) is 3.58. The van der Waals surface area contributed by atoms with Crippen molar-refractivity contribution in [2.75, 3.05) is 4.90 Å². The molecule has 1 aromatic carbocycles. The van der Waals surface area contributed by atoms with Gasteiger partial charge < -0.3 is 9.52 Å². The third-order valence-electron chi connectivity index (χ3n) is 4.38. The molecule has 3 aromatic rings. The molecule has 2 aromatic heterocycles. The number of pyridine rings is 1. The fourth-order valence-corrected chi connectivity index (χ4v) is 3.14. The number of furan rings is 1. The Morgan fingerprint density at radius 1 is 1.11 bits per heavy atom. The lowest BCUT2D eigenvalue weighted by molar-refractivity contribution is -0.132. The van der Waals surface area contributed by atoms with Crippen LogP contribution in [0.5, 0.6) is 0 Å². The van der Waals surface area contributed by atoms with Gasteiger partial charge in [0.15, 0.2) is 0 Å². The number of Topliss-reactive ketones (excluding diaryl/α,β-unsaturated/α-hetero) is 1. The first-order valence-electron chi connectivity index (χ1n) is 8.19. The Kier molecular flexibility index (Phi) is 4.23. The molecule has 28 heavy (non-hydrogen) atoms. The molecule has 3 heterocycles. The maximum absolute atomic E-state index is 14.4. The average molecular weight is 382 g/mol. The third-order valence-corrected chi connectivity index (χ3v) is 4.38. The molecule has 0 bridgehead atoms. The van der Waals surface area contributed by atoms with Gasteiger partial charge in [-0.15, -0.1) is 0 Å².